The zero-order valence-corrected chi connectivity index (χ0v) is 10.5. The average Bonchev–Trinajstić information content (AvgIpc) is 2.29. The van der Waals surface area contributed by atoms with E-state index in [2.05, 4.69) is 13.8 Å². The number of carbonyl (C=O) groups excluding carboxylic acids is 1. The molecule has 4 heteroatoms. The number of hydrogen-bond donors (Lipinski definition) is 1. The van der Waals surface area contributed by atoms with Gasteiger partial charge in [0.15, 0.2) is 0 Å². The molecule has 1 aromatic carbocycles. The van der Waals surface area contributed by atoms with Gasteiger partial charge in [0, 0.05) is 13.6 Å². The van der Waals surface area contributed by atoms with Gasteiger partial charge in [0.25, 0.3) is 0 Å². The number of likely N-dealkylation sites (N-methyl/N-ethyl adjacent to an activating group) is 1. The van der Waals surface area contributed by atoms with Crippen molar-refractivity contribution in [1.82, 2.24) is 4.90 Å². The molecule has 1 N–H and O–H groups in total. The monoisotopic (exact) mass is 237 g/mol. The molecule has 1 aromatic rings. The summed E-state index contributed by atoms with van der Waals surface area (Å²) in [6, 6.07) is 7.47. The zero-order valence-electron chi connectivity index (χ0n) is 10.5. The molecule has 1 rings (SSSR count). The summed E-state index contributed by atoms with van der Waals surface area (Å²) in [6.45, 7) is 4.36. The van der Waals surface area contributed by atoms with Gasteiger partial charge < -0.3 is 14.7 Å². The molecule has 0 atom stereocenters. The van der Waals surface area contributed by atoms with Crippen LogP contribution >= 0.6 is 0 Å². The molecule has 0 unspecified atom stereocenters. The Kier molecular flexibility index (Phi) is 4.97. The van der Waals surface area contributed by atoms with E-state index in [-0.39, 0.29) is 13.2 Å². The van der Waals surface area contributed by atoms with Crippen molar-refractivity contribution in [2.45, 2.75) is 19.8 Å². The second-order valence-corrected chi connectivity index (χ2v) is 4.24. The average molecular weight is 237 g/mol. The van der Waals surface area contributed by atoms with E-state index in [1.54, 1.807) is 13.1 Å². The lowest BCUT2D eigenvalue weighted by Gasteiger charge is -2.15. The number of amides is 1. The van der Waals surface area contributed by atoms with Gasteiger partial charge in [0.2, 0.25) is 0 Å². The van der Waals surface area contributed by atoms with Gasteiger partial charge in [0.05, 0.1) is 6.61 Å². The van der Waals surface area contributed by atoms with E-state index in [1.165, 1.54) is 4.90 Å². The highest BCUT2D eigenvalue weighted by atomic mass is 16.6. The first-order chi connectivity index (χ1) is 8.04. The number of hydrogen-bond acceptors (Lipinski definition) is 3. The van der Waals surface area contributed by atoms with Gasteiger partial charge >= 0.3 is 6.09 Å². The van der Waals surface area contributed by atoms with E-state index in [1.807, 2.05) is 18.2 Å². The second-order valence-electron chi connectivity index (χ2n) is 4.24. The topological polar surface area (TPSA) is 49.8 Å². The highest BCUT2D eigenvalue weighted by molar-refractivity contribution is 5.70. The van der Waals surface area contributed by atoms with Crippen LogP contribution in [0.5, 0.6) is 5.75 Å². The van der Waals surface area contributed by atoms with Gasteiger partial charge in [-0.15, -0.1) is 0 Å². The fourth-order valence-corrected chi connectivity index (χ4v) is 1.36. The summed E-state index contributed by atoms with van der Waals surface area (Å²) in [4.78, 5) is 12.9. The molecular formula is C13H19NO3. The van der Waals surface area contributed by atoms with Crippen LogP contribution in [0, 0.1) is 0 Å². The summed E-state index contributed by atoms with van der Waals surface area (Å²) >= 11 is 0. The lowest BCUT2D eigenvalue weighted by atomic mass is 10.0. The van der Waals surface area contributed by atoms with Crippen LogP contribution in [0.25, 0.3) is 0 Å². The van der Waals surface area contributed by atoms with Crippen molar-refractivity contribution in [3.05, 3.63) is 29.8 Å². The van der Waals surface area contributed by atoms with E-state index in [0.717, 1.165) is 5.56 Å². The maximum atomic E-state index is 11.6. The number of carbonyl (C=O) groups is 1. The Balaban J connectivity index is 2.68. The normalized spacial score (nSPS) is 10.4. The lowest BCUT2D eigenvalue weighted by molar-refractivity contribution is 0.150. The van der Waals surface area contributed by atoms with Crippen molar-refractivity contribution in [3.8, 4) is 5.75 Å². The van der Waals surface area contributed by atoms with Crippen LogP contribution in [0.15, 0.2) is 24.3 Å². The predicted octanol–water partition coefficient (Wildman–Crippen LogP) is 2.23. The molecule has 0 aromatic heterocycles. The van der Waals surface area contributed by atoms with Crippen molar-refractivity contribution in [2.75, 3.05) is 20.2 Å². The largest absolute Gasteiger partial charge is 0.415 e. The van der Waals surface area contributed by atoms with Crippen LogP contribution in [0.3, 0.4) is 0 Å². The van der Waals surface area contributed by atoms with Gasteiger partial charge in [-0.3, -0.25) is 0 Å². The summed E-state index contributed by atoms with van der Waals surface area (Å²) < 4.78 is 5.20. The summed E-state index contributed by atoms with van der Waals surface area (Å²) in [5.74, 6) is 0.926. The van der Waals surface area contributed by atoms with E-state index in [0.29, 0.717) is 11.7 Å². The Morgan fingerprint density at radius 2 is 2.18 bits per heavy atom. The number of rotatable bonds is 4. The fraction of sp³-hybridized carbons (Fsp3) is 0.462. The Bertz CT molecular complexity index is 377. The molecule has 0 heterocycles. The van der Waals surface area contributed by atoms with E-state index < -0.39 is 6.09 Å². The minimum Gasteiger partial charge on any atom is -0.410 e. The first kappa shape index (κ1) is 13.5. The van der Waals surface area contributed by atoms with Gasteiger partial charge in [0.1, 0.15) is 5.75 Å². The number of nitrogens with zero attached hydrogens (tertiary/aromatic N) is 1. The van der Waals surface area contributed by atoms with Crippen LogP contribution in [-0.2, 0) is 0 Å². The molecule has 0 aliphatic carbocycles. The predicted molar refractivity (Wildman–Crippen MR) is 66.3 cm³/mol. The molecule has 0 bridgehead atoms. The maximum Gasteiger partial charge on any atom is 0.415 e. The first-order valence-electron chi connectivity index (χ1n) is 5.68. The Hall–Kier alpha value is -1.55. The zero-order chi connectivity index (χ0) is 12.8. The SMILES string of the molecule is CC(C)c1cccc(OC(=O)N(C)CCO)c1. The van der Waals surface area contributed by atoms with Crippen LogP contribution in [0.2, 0.25) is 0 Å². The van der Waals surface area contributed by atoms with Gasteiger partial charge in [-0.2, -0.15) is 0 Å². The molecule has 1 amide bonds. The summed E-state index contributed by atoms with van der Waals surface area (Å²) in [6.07, 6.45) is -0.458. The van der Waals surface area contributed by atoms with Crippen molar-refractivity contribution in [3.63, 3.8) is 0 Å². The molecule has 0 saturated heterocycles. The van der Waals surface area contributed by atoms with Gasteiger partial charge in [-0.25, -0.2) is 4.79 Å². The van der Waals surface area contributed by atoms with E-state index >= 15 is 0 Å². The fourth-order valence-electron chi connectivity index (χ4n) is 1.36. The summed E-state index contributed by atoms with van der Waals surface area (Å²) in [5, 5.41) is 8.72. The molecule has 0 saturated carbocycles. The highest BCUT2D eigenvalue weighted by Gasteiger charge is 2.11. The molecule has 0 radical (unpaired) electrons. The van der Waals surface area contributed by atoms with Crippen molar-refractivity contribution < 1.29 is 14.6 Å². The minimum atomic E-state index is -0.458. The van der Waals surface area contributed by atoms with Crippen molar-refractivity contribution >= 4 is 6.09 Å². The minimum absolute atomic E-state index is 0.0718. The van der Waals surface area contributed by atoms with E-state index in [4.69, 9.17) is 9.84 Å². The number of benzene rings is 1. The smallest absolute Gasteiger partial charge is 0.410 e. The third-order valence-corrected chi connectivity index (χ3v) is 2.48. The molecule has 0 spiro atoms. The highest BCUT2D eigenvalue weighted by Crippen LogP contribution is 2.20. The molecule has 94 valence electrons. The summed E-state index contributed by atoms with van der Waals surface area (Å²) in [7, 11) is 1.59. The molecule has 0 aliphatic rings. The molecule has 4 nitrogen and oxygen atoms in total. The van der Waals surface area contributed by atoms with E-state index in [9.17, 15) is 4.79 Å². The number of aliphatic hydroxyl groups excluding tert-OH is 1. The first-order valence-corrected chi connectivity index (χ1v) is 5.68. The molecule has 0 aliphatic heterocycles. The number of aliphatic hydroxyl groups is 1. The third kappa shape index (κ3) is 4.07. The van der Waals surface area contributed by atoms with Crippen molar-refractivity contribution in [2.24, 2.45) is 0 Å². The Labute approximate surface area is 102 Å². The third-order valence-electron chi connectivity index (χ3n) is 2.48. The van der Waals surface area contributed by atoms with Crippen LogP contribution < -0.4 is 4.74 Å². The van der Waals surface area contributed by atoms with Gasteiger partial charge in [-0.05, 0) is 23.6 Å². The lowest BCUT2D eigenvalue weighted by Crippen LogP contribution is -2.32. The molecular weight excluding hydrogens is 218 g/mol. The summed E-state index contributed by atoms with van der Waals surface area (Å²) in [5.41, 5.74) is 1.13. The maximum absolute atomic E-state index is 11.6. The van der Waals surface area contributed by atoms with Crippen LogP contribution in [0.1, 0.15) is 25.3 Å². The standard InChI is InChI=1S/C13H19NO3/c1-10(2)11-5-4-6-12(9-11)17-13(16)14(3)7-8-15/h4-6,9-10,15H,7-8H2,1-3H3. The number of ether oxygens (including phenoxy) is 1. The molecule has 17 heavy (non-hydrogen) atoms. The second kappa shape index (κ2) is 6.25. The van der Waals surface area contributed by atoms with Crippen LogP contribution in [-0.4, -0.2) is 36.3 Å². The molecule has 0 fully saturated rings. The quantitative estimate of drug-likeness (QED) is 0.873. The van der Waals surface area contributed by atoms with Crippen molar-refractivity contribution in [1.29, 1.82) is 0 Å². The Morgan fingerprint density at radius 1 is 1.47 bits per heavy atom. The van der Waals surface area contributed by atoms with Gasteiger partial charge in [-0.1, -0.05) is 26.0 Å². The van der Waals surface area contributed by atoms with Crippen LogP contribution in [0.4, 0.5) is 4.79 Å². The Morgan fingerprint density at radius 3 is 2.76 bits per heavy atom.